The molecule has 2 aliphatic heterocycles. The van der Waals surface area contributed by atoms with E-state index in [0.29, 0.717) is 18.1 Å². The van der Waals surface area contributed by atoms with Crippen LogP contribution in [0.4, 0.5) is 15.8 Å². The fourth-order valence-corrected chi connectivity index (χ4v) is 4.32. The largest absolute Gasteiger partial charge is 0.297 e. The molecule has 0 saturated carbocycles. The number of amides is 1. The summed E-state index contributed by atoms with van der Waals surface area (Å²) in [5, 5.41) is 0. The number of fused-ring (bicyclic) bond motifs is 1. The molecule has 0 bridgehead atoms. The molecule has 32 heavy (non-hydrogen) atoms. The van der Waals surface area contributed by atoms with Gasteiger partial charge in [-0.3, -0.25) is 19.5 Å². The van der Waals surface area contributed by atoms with Crippen LogP contribution in [0.1, 0.15) is 11.1 Å². The van der Waals surface area contributed by atoms with E-state index >= 15 is 0 Å². The molecule has 6 heteroatoms. The van der Waals surface area contributed by atoms with Crippen molar-refractivity contribution in [3.63, 3.8) is 0 Å². The number of carbonyl (C=O) groups is 1. The second-order valence-electron chi connectivity index (χ2n) is 8.21. The predicted molar refractivity (Wildman–Crippen MR) is 125 cm³/mol. The molecule has 0 unspecified atom stereocenters. The number of piperazine rings is 1. The van der Waals surface area contributed by atoms with Crippen LogP contribution in [0.25, 0.3) is 0 Å². The maximum Gasteiger partial charge on any atom is 0.278 e. The van der Waals surface area contributed by atoms with Gasteiger partial charge in [-0.1, -0.05) is 54.6 Å². The Morgan fingerprint density at radius 2 is 1.53 bits per heavy atom. The minimum Gasteiger partial charge on any atom is -0.297 e. The topological polar surface area (TPSA) is 39.2 Å². The van der Waals surface area contributed by atoms with E-state index < -0.39 is 0 Å². The van der Waals surface area contributed by atoms with Crippen molar-refractivity contribution in [1.29, 1.82) is 0 Å². The summed E-state index contributed by atoms with van der Waals surface area (Å²) < 4.78 is 13.6. The minimum absolute atomic E-state index is 0.137. The Hall–Kier alpha value is -3.35. The Morgan fingerprint density at radius 1 is 0.812 bits per heavy atom. The summed E-state index contributed by atoms with van der Waals surface area (Å²) >= 11 is 0. The highest BCUT2D eigenvalue weighted by Gasteiger charge is 2.35. The van der Waals surface area contributed by atoms with E-state index in [0.717, 1.165) is 44.0 Å². The fourth-order valence-electron chi connectivity index (χ4n) is 4.32. The highest BCUT2D eigenvalue weighted by Crippen LogP contribution is 2.31. The van der Waals surface area contributed by atoms with Gasteiger partial charge in [0, 0.05) is 38.3 Å². The third-order valence-corrected chi connectivity index (χ3v) is 6.00. The van der Waals surface area contributed by atoms with Crippen LogP contribution in [0, 0.1) is 5.82 Å². The van der Waals surface area contributed by atoms with E-state index in [4.69, 9.17) is 0 Å². The second kappa shape index (κ2) is 9.02. The first-order valence-electron chi connectivity index (χ1n) is 10.9. The van der Waals surface area contributed by atoms with E-state index in [-0.39, 0.29) is 11.7 Å². The molecule has 0 N–H and O–H groups in total. The smallest absolute Gasteiger partial charge is 0.278 e. The molecule has 5 rings (SSSR count). The number of aliphatic imine (C=N–C) groups is 1. The molecule has 1 fully saturated rings. The van der Waals surface area contributed by atoms with Gasteiger partial charge in [-0.05, 0) is 29.8 Å². The molecule has 0 radical (unpaired) electrons. The summed E-state index contributed by atoms with van der Waals surface area (Å²) in [5.74, 6) is -0.502. The highest BCUT2D eigenvalue weighted by molar-refractivity contribution is 6.54. The SMILES string of the molecule is O=C1C(=Nc2cccc(F)c2)c2ccccc2N1CN1CCN(Cc2ccccc2)CC1. The van der Waals surface area contributed by atoms with Gasteiger partial charge < -0.3 is 0 Å². The normalized spacial score (nSPS) is 18.3. The molecule has 3 aromatic carbocycles. The van der Waals surface area contributed by atoms with Gasteiger partial charge in [0.05, 0.1) is 18.0 Å². The first-order valence-corrected chi connectivity index (χ1v) is 10.9. The predicted octanol–water partition coefficient (Wildman–Crippen LogP) is 4.07. The summed E-state index contributed by atoms with van der Waals surface area (Å²) in [6.45, 7) is 5.19. The maximum absolute atomic E-state index is 13.6. The lowest BCUT2D eigenvalue weighted by atomic mass is 10.1. The van der Waals surface area contributed by atoms with Crippen LogP contribution >= 0.6 is 0 Å². The summed E-state index contributed by atoms with van der Waals surface area (Å²) in [5.41, 5.74) is 3.79. The van der Waals surface area contributed by atoms with Crippen LogP contribution in [0.5, 0.6) is 0 Å². The lowest BCUT2D eigenvalue weighted by Crippen LogP contribution is -2.50. The molecule has 0 aliphatic carbocycles. The zero-order valence-corrected chi connectivity index (χ0v) is 17.8. The molecule has 2 aliphatic rings. The quantitative estimate of drug-likeness (QED) is 0.615. The summed E-state index contributed by atoms with van der Waals surface area (Å²) in [6, 6.07) is 24.2. The zero-order valence-electron chi connectivity index (χ0n) is 17.8. The Bertz CT molecular complexity index is 1140. The van der Waals surface area contributed by atoms with E-state index in [2.05, 4.69) is 39.1 Å². The minimum atomic E-state index is -0.365. The number of hydrogen-bond donors (Lipinski definition) is 0. The molecule has 0 spiro atoms. The second-order valence-corrected chi connectivity index (χ2v) is 8.21. The molecule has 1 saturated heterocycles. The monoisotopic (exact) mass is 428 g/mol. The van der Waals surface area contributed by atoms with Gasteiger partial charge >= 0.3 is 0 Å². The first kappa shape index (κ1) is 20.5. The summed E-state index contributed by atoms with van der Waals surface area (Å²) in [7, 11) is 0. The van der Waals surface area contributed by atoms with Crippen molar-refractivity contribution in [1.82, 2.24) is 9.80 Å². The highest BCUT2D eigenvalue weighted by atomic mass is 19.1. The van der Waals surface area contributed by atoms with Crippen molar-refractivity contribution < 1.29 is 9.18 Å². The van der Waals surface area contributed by atoms with E-state index in [9.17, 15) is 9.18 Å². The van der Waals surface area contributed by atoms with E-state index in [1.807, 2.05) is 30.3 Å². The Morgan fingerprint density at radius 3 is 2.31 bits per heavy atom. The van der Waals surface area contributed by atoms with Crippen LogP contribution < -0.4 is 4.90 Å². The van der Waals surface area contributed by atoms with Crippen LogP contribution in [0.2, 0.25) is 0 Å². The fraction of sp³-hybridized carbons (Fsp3) is 0.231. The van der Waals surface area contributed by atoms with Crippen molar-refractivity contribution in [2.75, 3.05) is 37.7 Å². The van der Waals surface area contributed by atoms with Gasteiger partial charge in [0.25, 0.3) is 5.91 Å². The molecule has 3 aromatic rings. The van der Waals surface area contributed by atoms with Gasteiger partial charge in [-0.25, -0.2) is 9.38 Å². The maximum atomic E-state index is 13.6. The van der Waals surface area contributed by atoms with Crippen LogP contribution in [-0.4, -0.2) is 54.3 Å². The number of carbonyl (C=O) groups excluding carboxylic acids is 1. The van der Waals surface area contributed by atoms with Gasteiger partial charge in [-0.2, -0.15) is 0 Å². The van der Waals surface area contributed by atoms with Crippen molar-refractivity contribution in [2.45, 2.75) is 6.54 Å². The Balaban J connectivity index is 1.29. The van der Waals surface area contributed by atoms with Gasteiger partial charge in [0.1, 0.15) is 11.5 Å². The van der Waals surface area contributed by atoms with Crippen LogP contribution in [-0.2, 0) is 11.3 Å². The molecule has 162 valence electrons. The molecule has 1 amide bonds. The molecule has 2 heterocycles. The average molecular weight is 429 g/mol. The average Bonchev–Trinajstić information content (AvgIpc) is 3.07. The summed E-state index contributed by atoms with van der Waals surface area (Å²) in [6.07, 6.45) is 0. The number of nitrogens with zero attached hydrogens (tertiary/aromatic N) is 4. The molecule has 0 atom stereocenters. The molecular formula is C26H25FN4O. The van der Waals surface area contributed by atoms with Gasteiger partial charge in [-0.15, -0.1) is 0 Å². The van der Waals surface area contributed by atoms with Crippen molar-refractivity contribution in [3.8, 4) is 0 Å². The van der Waals surface area contributed by atoms with Crippen molar-refractivity contribution >= 4 is 23.0 Å². The lowest BCUT2D eigenvalue weighted by Gasteiger charge is -2.36. The summed E-state index contributed by atoms with van der Waals surface area (Å²) in [4.78, 5) is 24.3. The number of anilines is 1. The van der Waals surface area contributed by atoms with Crippen LogP contribution in [0.3, 0.4) is 0 Å². The molecular weight excluding hydrogens is 403 g/mol. The Kier molecular flexibility index (Phi) is 5.79. The Labute approximate surface area is 187 Å². The van der Waals surface area contributed by atoms with Gasteiger partial charge in [0.2, 0.25) is 0 Å². The molecule has 0 aromatic heterocycles. The van der Waals surface area contributed by atoms with E-state index in [1.54, 1.807) is 17.0 Å². The number of rotatable bonds is 5. The number of hydrogen-bond acceptors (Lipinski definition) is 4. The first-order chi connectivity index (χ1) is 15.7. The van der Waals surface area contributed by atoms with Crippen LogP contribution in [0.15, 0.2) is 83.9 Å². The van der Waals surface area contributed by atoms with E-state index in [1.165, 1.54) is 17.7 Å². The molecule has 5 nitrogen and oxygen atoms in total. The van der Waals surface area contributed by atoms with Gasteiger partial charge in [0.15, 0.2) is 0 Å². The standard InChI is InChI=1S/C26H25FN4O/c27-21-9-6-10-22(17-21)28-25-23-11-4-5-12-24(23)31(26(25)32)19-30-15-13-29(14-16-30)18-20-7-2-1-3-8-20/h1-12,17H,13-16,18-19H2. The number of benzene rings is 3. The zero-order chi connectivity index (χ0) is 21.9. The third kappa shape index (κ3) is 4.33. The van der Waals surface area contributed by atoms with Crippen molar-refractivity contribution in [3.05, 3.63) is 95.8 Å². The van der Waals surface area contributed by atoms with Crippen molar-refractivity contribution in [2.24, 2.45) is 4.99 Å². The number of halogens is 1. The third-order valence-electron chi connectivity index (χ3n) is 6.00. The number of para-hydroxylation sites is 1. The lowest BCUT2D eigenvalue weighted by molar-refractivity contribution is -0.112.